The van der Waals surface area contributed by atoms with E-state index in [1.54, 1.807) is 12.1 Å². The van der Waals surface area contributed by atoms with Gasteiger partial charge in [-0.1, -0.05) is 15.9 Å². The molecule has 0 aliphatic heterocycles. The van der Waals surface area contributed by atoms with Gasteiger partial charge in [-0.25, -0.2) is 4.39 Å². The Morgan fingerprint density at radius 3 is 2.56 bits per heavy atom. The average Bonchev–Trinajstić information content (AvgIpc) is 2.35. The van der Waals surface area contributed by atoms with Crippen LogP contribution in [0.3, 0.4) is 0 Å². The molecule has 0 radical (unpaired) electrons. The summed E-state index contributed by atoms with van der Waals surface area (Å²) in [5.74, 6) is -0.605. The van der Waals surface area contributed by atoms with E-state index in [0.29, 0.717) is 14.9 Å². The van der Waals surface area contributed by atoms with Gasteiger partial charge in [0, 0.05) is 16.4 Å². The van der Waals surface area contributed by atoms with Gasteiger partial charge < -0.3 is 5.32 Å². The molecule has 0 unspecified atom stereocenters. The van der Waals surface area contributed by atoms with Crippen LogP contribution in [0.15, 0.2) is 22.7 Å². The van der Waals surface area contributed by atoms with E-state index < -0.39 is 5.82 Å². The van der Waals surface area contributed by atoms with Crippen LogP contribution in [-0.4, -0.2) is 16.8 Å². The third-order valence-electron chi connectivity index (χ3n) is 3.17. The molecule has 1 saturated carbocycles. The number of rotatable bonds is 2. The lowest BCUT2D eigenvalue weighted by Crippen LogP contribution is -2.37. The largest absolute Gasteiger partial charge is 0.349 e. The Labute approximate surface area is 123 Å². The van der Waals surface area contributed by atoms with Crippen LogP contribution in [0, 0.1) is 5.82 Å². The van der Waals surface area contributed by atoms with Gasteiger partial charge in [0.25, 0.3) is 5.91 Å². The second-order valence-corrected chi connectivity index (χ2v) is 6.70. The molecule has 1 aliphatic carbocycles. The van der Waals surface area contributed by atoms with Gasteiger partial charge in [0.1, 0.15) is 5.82 Å². The zero-order chi connectivity index (χ0) is 13.1. The van der Waals surface area contributed by atoms with Gasteiger partial charge in [-0.2, -0.15) is 0 Å². The molecule has 1 aromatic carbocycles. The molecule has 0 atom stereocenters. The van der Waals surface area contributed by atoms with Crippen molar-refractivity contribution in [1.29, 1.82) is 0 Å². The second kappa shape index (κ2) is 6.15. The fourth-order valence-electron chi connectivity index (χ4n) is 2.10. The molecule has 2 rings (SSSR count). The number of alkyl halides is 1. The molecule has 0 heterocycles. The van der Waals surface area contributed by atoms with E-state index in [0.717, 1.165) is 25.7 Å². The van der Waals surface area contributed by atoms with Gasteiger partial charge in [-0.05, 0) is 59.8 Å². The summed E-state index contributed by atoms with van der Waals surface area (Å²) in [4.78, 5) is 12.5. The van der Waals surface area contributed by atoms with Crippen molar-refractivity contribution in [2.45, 2.75) is 36.6 Å². The van der Waals surface area contributed by atoms with Crippen molar-refractivity contribution in [2.24, 2.45) is 0 Å². The van der Waals surface area contributed by atoms with Crippen molar-refractivity contribution in [3.05, 3.63) is 34.1 Å². The van der Waals surface area contributed by atoms with Gasteiger partial charge >= 0.3 is 0 Å². The highest BCUT2D eigenvalue weighted by atomic mass is 79.9. The monoisotopic (exact) mass is 377 g/mol. The first-order valence-corrected chi connectivity index (χ1v) is 7.67. The molecule has 18 heavy (non-hydrogen) atoms. The third-order valence-corrected chi connectivity index (χ3v) is 4.73. The van der Waals surface area contributed by atoms with Crippen molar-refractivity contribution in [3.8, 4) is 0 Å². The van der Waals surface area contributed by atoms with E-state index >= 15 is 0 Å². The molecule has 1 aromatic rings. The summed E-state index contributed by atoms with van der Waals surface area (Å²) in [6.45, 7) is 0. The summed E-state index contributed by atoms with van der Waals surface area (Å²) in [7, 11) is 0. The Morgan fingerprint density at radius 2 is 1.94 bits per heavy atom. The lowest BCUT2D eigenvalue weighted by Gasteiger charge is -2.26. The van der Waals surface area contributed by atoms with Crippen LogP contribution < -0.4 is 5.32 Å². The number of nitrogens with one attached hydrogen (secondary N) is 1. The lowest BCUT2D eigenvalue weighted by atomic mass is 9.95. The first-order valence-electron chi connectivity index (χ1n) is 5.96. The molecular formula is C13H14Br2FNO. The number of carbonyl (C=O) groups excluding carboxylic acids is 1. The van der Waals surface area contributed by atoms with E-state index in [4.69, 9.17) is 0 Å². The number of hydrogen-bond acceptors (Lipinski definition) is 1. The number of amides is 1. The molecule has 1 N–H and O–H groups in total. The Bertz CT molecular complexity index is 445. The average molecular weight is 379 g/mol. The van der Waals surface area contributed by atoms with E-state index in [1.165, 1.54) is 6.07 Å². The summed E-state index contributed by atoms with van der Waals surface area (Å²) < 4.78 is 13.7. The SMILES string of the molecule is O=C(NC1CCC(Br)CC1)c1ccc(Br)c(F)c1. The van der Waals surface area contributed by atoms with Gasteiger partial charge in [0.05, 0.1) is 4.47 Å². The van der Waals surface area contributed by atoms with Gasteiger partial charge in [0.2, 0.25) is 0 Å². The third kappa shape index (κ3) is 3.54. The van der Waals surface area contributed by atoms with Crippen LogP contribution in [0.4, 0.5) is 4.39 Å². The zero-order valence-electron chi connectivity index (χ0n) is 9.76. The standard InChI is InChI=1S/C13H14Br2FNO/c14-9-2-4-10(5-3-9)17-13(18)8-1-6-11(15)12(16)7-8/h1,6-7,9-10H,2-5H2,(H,17,18). The Hall–Kier alpha value is -0.420. The molecule has 0 aromatic heterocycles. The fraction of sp³-hybridized carbons (Fsp3) is 0.462. The zero-order valence-corrected chi connectivity index (χ0v) is 12.9. The summed E-state index contributed by atoms with van der Waals surface area (Å²) in [5, 5.41) is 2.96. The minimum atomic E-state index is -0.410. The van der Waals surface area contributed by atoms with E-state index in [-0.39, 0.29) is 11.9 Å². The Morgan fingerprint density at radius 1 is 1.28 bits per heavy atom. The summed E-state index contributed by atoms with van der Waals surface area (Å²) in [6, 6.07) is 4.64. The second-order valence-electron chi connectivity index (χ2n) is 4.55. The summed E-state index contributed by atoms with van der Waals surface area (Å²) in [6.07, 6.45) is 4.08. The molecule has 0 bridgehead atoms. The van der Waals surface area contributed by atoms with Crippen molar-refractivity contribution in [1.82, 2.24) is 5.32 Å². The number of halogens is 3. The molecule has 1 fully saturated rings. The quantitative estimate of drug-likeness (QED) is 0.773. The molecule has 98 valence electrons. The van der Waals surface area contributed by atoms with Crippen LogP contribution in [0.1, 0.15) is 36.0 Å². The summed E-state index contributed by atoms with van der Waals surface area (Å²) in [5.41, 5.74) is 0.372. The normalized spacial score (nSPS) is 23.7. The smallest absolute Gasteiger partial charge is 0.251 e. The molecule has 2 nitrogen and oxygen atoms in total. The maximum absolute atomic E-state index is 13.3. The summed E-state index contributed by atoms with van der Waals surface area (Å²) >= 11 is 6.65. The fourth-order valence-corrected chi connectivity index (χ4v) is 2.88. The van der Waals surface area contributed by atoms with Crippen LogP contribution in [-0.2, 0) is 0 Å². The van der Waals surface area contributed by atoms with Gasteiger partial charge in [0.15, 0.2) is 0 Å². The van der Waals surface area contributed by atoms with E-state index in [1.807, 2.05) is 0 Å². The molecular weight excluding hydrogens is 365 g/mol. The predicted octanol–water partition coefficient (Wildman–Crippen LogP) is 4.02. The van der Waals surface area contributed by atoms with Crippen LogP contribution >= 0.6 is 31.9 Å². The highest BCUT2D eigenvalue weighted by molar-refractivity contribution is 9.10. The molecule has 1 aliphatic rings. The van der Waals surface area contributed by atoms with E-state index in [9.17, 15) is 9.18 Å². The van der Waals surface area contributed by atoms with Crippen molar-refractivity contribution in [3.63, 3.8) is 0 Å². The first-order chi connectivity index (χ1) is 8.56. The van der Waals surface area contributed by atoms with Crippen molar-refractivity contribution >= 4 is 37.8 Å². The van der Waals surface area contributed by atoms with Crippen LogP contribution in [0.2, 0.25) is 0 Å². The molecule has 1 amide bonds. The Balaban J connectivity index is 1.97. The highest BCUT2D eigenvalue weighted by Crippen LogP contribution is 2.24. The number of benzene rings is 1. The Kier molecular flexibility index (Phi) is 4.78. The van der Waals surface area contributed by atoms with Gasteiger partial charge in [-0.15, -0.1) is 0 Å². The maximum Gasteiger partial charge on any atom is 0.251 e. The van der Waals surface area contributed by atoms with Gasteiger partial charge in [-0.3, -0.25) is 4.79 Å². The van der Waals surface area contributed by atoms with Crippen LogP contribution in [0.25, 0.3) is 0 Å². The van der Waals surface area contributed by atoms with Crippen molar-refractivity contribution < 1.29 is 9.18 Å². The molecule has 0 spiro atoms. The van der Waals surface area contributed by atoms with Crippen molar-refractivity contribution in [2.75, 3.05) is 0 Å². The predicted molar refractivity (Wildman–Crippen MR) is 76.5 cm³/mol. The van der Waals surface area contributed by atoms with Crippen LogP contribution in [0.5, 0.6) is 0 Å². The topological polar surface area (TPSA) is 29.1 Å². The van der Waals surface area contributed by atoms with E-state index in [2.05, 4.69) is 37.2 Å². The lowest BCUT2D eigenvalue weighted by molar-refractivity contribution is 0.0928. The first kappa shape index (κ1) is 14.0. The minimum absolute atomic E-state index is 0.195. The molecule has 5 heteroatoms. The maximum atomic E-state index is 13.3. The number of carbonyl (C=O) groups is 1. The number of hydrogen-bond donors (Lipinski definition) is 1. The minimum Gasteiger partial charge on any atom is -0.349 e. The highest BCUT2D eigenvalue weighted by Gasteiger charge is 2.21. The molecule has 0 saturated heterocycles.